The van der Waals surface area contributed by atoms with Crippen LogP contribution in [0.25, 0.3) is 0 Å². The van der Waals surface area contributed by atoms with Gasteiger partial charge in [-0.1, -0.05) is 0 Å². The van der Waals surface area contributed by atoms with Crippen molar-refractivity contribution in [2.45, 2.75) is 6.04 Å². The molecule has 0 amide bonds. The summed E-state index contributed by atoms with van der Waals surface area (Å²) in [5, 5.41) is 1.44. The van der Waals surface area contributed by atoms with Crippen molar-refractivity contribution >= 4 is 16.6 Å². The van der Waals surface area contributed by atoms with Gasteiger partial charge in [0.2, 0.25) is 0 Å². The van der Waals surface area contributed by atoms with Crippen LogP contribution < -0.4 is 5.73 Å². The molecular weight excluding hydrogens is 160 g/mol. The van der Waals surface area contributed by atoms with Crippen molar-refractivity contribution in [3.05, 3.63) is 30.1 Å². The molecule has 1 aromatic rings. The summed E-state index contributed by atoms with van der Waals surface area (Å²) in [4.78, 5) is 3.83. The Bertz CT molecular complexity index is 269. The second kappa shape index (κ2) is 4.00. The monoisotopic (exact) mass is 168 g/mol. The summed E-state index contributed by atoms with van der Waals surface area (Å²) in [7, 11) is 0. The Balaban J connectivity index is 2.84. The number of pyridine rings is 1. The van der Waals surface area contributed by atoms with E-state index in [0.717, 1.165) is 5.56 Å². The minimum absolute atomic E-state index is 0.291. The molecule has 1 atom stereocenters. The van der Waals surface area contributed by atoms with Gasteiger partial charge in [0.25, 0.3) is 0 Å². The van der Waals surface area contributed by atoms with Gasteiger partial charge in [0, 0.05) is 17.8 Å². The SMILES string of the molecule is N[C@H](C=S=O)c1ccncc1. The molecule has 0 aliphatic rings. The van der Waals surface area contributed by atoms with Crippen molar-refractivity contribution in [3.63, 3.8) is 0 Å². The Morgan fingerprint density at radius 1 is 1.55 bits per heavy atom. The van der Waals surface area contributed by atoms with Gasteiger partial charge >= 0.3 is 0 Å². The van der Waals surface area contributed by atoms with E-state index < -0.39 is 0 Å². The molecule has 0 fully saturated rings. The van der Waals surface area contributed by atoms with Crippen molar-refractivity contribution < 1.29 is 4.21 Å². The zero-order valence-corrected chi connectivity index (χ0v) is 6.62. The number of nitrogens with two attached hydrogens (primary N) is 1. The first-order valence-electron chi connectivity index (χ1n) is 3.12. The van der Waals surface area contributed by atoms with E-state index in [-0.39, 0.29) is 6.04 Å². The van der Waals surface area contributed by atoms with Gasteiger partial charge in [-0.15, -0.1) is 0 Å². The Kier molecular flexibility index (Phi) is 2.95. The number of hydrogen-bond acceptors (Lipinski definition) is 3. The summed E-state index contributed by atoms with van der Waals surface area (Å²) in [6.45, 7) is 0. The van der Waals surface area contributed by atoms with E-state index in [4.69, 9.17) is 5.73 Å². The van der Waals surface area contributed by atoms with Crippen LogP contribution in [0.5, 0.6) is 0 Å². The number of aromatic nitrogens is 1. The van der Waals surface area contributed by atoms with E-state index in [0.29, 0.717) is 11.3 Å². The van der Waals surface area contributed by atoms with Crippen LogP contribution in [0.3, 0.4) is 0 Å². The number of hydrogen-bond donors (Lipinski definition) is 1. The lowest BCUT2D eigenvalue weighted by Crippen LogP contribution is -2.10. The largest absolute Gasteiger partial charge is 0.320 e. The first-order chi connectivity index (χ1) is 5.34. The zero-order valence-electron chi connectivity index (χ0n) is 5.81. The molecule has 0 saturated heterocycles. The van der Waals surface area contributed by atoms with Crippen LogP contribution in [0.15, 0.2) is 24.5 Å². The third-order valence-electron chi connectivity index (χ3n) is 1.29. The van der Waals surface area contributed by atoms with Gasteiger partial charge in [-0.2, -0.15) is 0 Å². The summed E-state index contributed by atoms with van der Waals surface area (Å²) in [5.74, 6) is 0. The molecule has 0 radical (unpaired) electrons. The first-order valence-corrected chi connectivity index (χ1v) is 3.92. The highest BCUT2D eigenvalue weighted by Gasteiger charge is 1.99. The van der Waals surface area contributed by atoms with Crippen LogP contribution >= 0.6 is 0 Å². The highest BCUT2D eigenvalue weighted by Crippen LogP contribution is 2.04. The summed E-state index contributed by atoms with van der Waals surface area (Å²) in [6.07, 6.45) is 3.30. The molecule has 1 aromatic heterocycles. The molecule has 0 aromatic carbocycles. The molecule has 1 heterocycles. The minimum Gasteiger partial charge on any atom is -0.320 e. The third-order valence-corrected chi connectivity index (χ3v) is 1.70. The molecule has 11 heavy (non-hydrogen) atoms. The first kappa shape index (κ1) is 8.10. The van der Waals surface area contributed by atoms with Crippen LogP contribution in [-0.4, -0.2) is 14.6 Å². The Labute approximate surface area is 68.3 Å². The van der Waals surface area contributed by atoms with E-state index in [1.165, 1.54) is 5.37 Å². The van der Waals surface area contributed by atoms with Gasteiger partial charge in [-0.3, -0.25) is 4.98 Å². The van der Waals surface area contributed by atoms with Crippen LogP contribution in [0.1, 0.15) is 11.6 Å². The highest BCUT2D eigenvalue weighted by atomic mass is 32.1. The van der Waals surface area contributed by atoms with Crippen LogP contribution in [0, 0.1) is 0 Å². The Morgan fingerprint density at radius 2 is 2.18 bits per heavy atom. The molecular formula is C7H8N2OS. The topological polar surface area (TPSA) is 56.0 Å². The summed E-state index contributed by atoms with van der Waals surface area (Å²) < 4.78 is 10.1. The Morgan fingerprint density at radius 3 is 2.73 bits per heavy atom. The Hall–Kier alpha value is -1.00. The fourth-order valence-corrected chi connectivity index (χ4v) is 1.00. The van der Waals surface area contributed by atoms with Gasteiger partial charge in [0.1, 0.15) is 0 Å². The smallest absolute Gasteiger partial charge is 0.0861 e. The van der Waals surface area contributed by atoms with Gasteiger partial charge in [-0.05, 0) is 17.7 Å². The predicted molar refractivity (Wildman–Crippen MR) is 45.4 cm³/mol. The van der Waals surface area contributed by atoms with Gasteiger partial charge in [0.05, 0.1) is 17.3 Å². The highest BCUT2D eigenvalue weighted by molar-refractivity contribution is 7.64. The minimum atomic E-state index is -0.291. The number of nitrogens with zero attached hydrogens (tertiary/aromatic N) is 1. The quantitative estimate of drug-likeness (QED) is 0.637. The van der Waals surface area contributed by atoms with Gasteiger partial charge in [0.15, 0.2) is 0 Å². The lowest BCUT2D eigenvalue weighted by atomic mass is 10.1. The van der Waals surface area contributed by atoms with Gasteiger partial charge < -0.3 is 5.73 Å². The molecule has 0 bridgehead atoms. The fourth-order valence-electron chi connectivity index (χ4n) is 0.724. The molecule has 1 rings (SSSR count). The average Bonchev–Trinajstić information content (AvgIpc) is 2.07. The van der Waals surface area contributed by atoms with Gasteiger partial charge in [-0.25, -0.2) is 4.21 Å². The van der Waals surface area contributed by atoms with Crippen LogP contribution in [-0.2, 0) is 11.3 Å². The third kappa shape index (κ3) is 2.25. The normalized spacial score (nSPS) is 12.1. The van der Waals surface area contributed by atoms with Crippen molar-refractivity contribution in [2.75, 3.05) is 0 Å². The number of rotatable bonds is 2. The van der Waals surface area contributed by atoms with Crippen molar-refractivity contribution in [3.8, 4) is 0 Å². The second-order valence-corrected chi connectivity index (χ2v) is 2.50. The fraction of sp³-hybridized carbons (Fsp3) is 0.143. The summed E-state index contributed by atoms with van der Waals surface area (Å²) in [5.41, 5.74) is 6.51. The molecule has 0 aliphatic carbocycles. The zero-order chi connectivity index (χ0) is 8.10. The van der Waals surface area contributed by atoms with Crippen molar-refractivity contribution in [2.24, 2.45) is 5.73 Å². The molecule has 0 unspecified atom stereocenters. The van der Waals surface area contributed by atoms with Crippen LogP contribution in [0.2, 0.25) is 0 Å². The summed E-state index contributed by atoms with van der Waals surface area (Å²) in [6, 6.07) is 3.29. The maximum atomic E-state index is 10.1. The van der Waals surface area contributed by atoms with E-state index in [1.54, 1.807) is 24.5 Å². The standard InChI is InChI=1S/C7H8N2OS/c8-7(5-11-10)6-1-3-9-4-2-6/h1-5,7H,8H2/t7-/m1/s1. The molecule has 0 spiro atoms. The van der Waals surface area contributed by atoms with E-state index in [1.807, 2.05) is 0 Å². The molecule has 0 saturated carbocycles. The van der Waals surface area contributed by atoms with E-state index >= 15 is 0 Å². The second-order valence-electron chi connectivity index (χ2n) is 2.04. The molecule has 4 heteroatoms. The predicted octanol–water partition coefficient (Wildman–Crippen LogP) is 0.0966. The van der Waals surface area contributed by atoms with Crippen LogP contribution in [0.4, 0.5) is 0 Å². The van der Waals surface area contributed by atoms with E-state index in [9.17, 15) is 4.21 Å². The lowest BCUT2D eigenvalue weighted by molar-refractivity contribution is 0.701. The van der Waals surface area contributed by atoms with Crippen molar-refractivity contribution in [1.29, 1.82) is 0 Å². The maximum absolute atomic E-state index is 10.1. The molecule has 2 N–H and O–H groups in total. The molecule has 3 nitrogen and oxygen atoms in total. The average molecular weight is 168 g/mol. The summed E-state index contributed by atoms with van der Waals surface area (Å²) >= 11 is 0.384. The molecule has 0 aliphatic heterocycles. The maximum Gasteiger partial charge on any atom is 0.0861 e. The lowest BCUT2D eigenvalue weighted by Gasteiger charge is -2.02. The van der Waals surface area contributed by atoms with Crippen molar-refractivity contribution in [1.82, 2.24) is 4.98 Å². The van der Waals surface area contributed by atoms with E-state index in [2.05, 4.69) is 4.98 Å². The molecule has 58 valence electrons.